The lowest BCUT2D eigenvalue weighted by Gasteiger charge is -1.93. The highest BCUT2D eigenvalue weighted by Gasteiger charge is 1.97. The van der Waals surface area contributed by atoms with Crippen molar-refractivity contribution >= 4 is 17.8 Å². The number of nitrogens with zero attached hydrogens (tertiary/aromatic N) is 2. The second kappa shape index (κ2) is 3.46. The smallest absolute Gasteiger partial charge is 0.178 e. The van der Waals surface area contributed by atoms with Crippen molar-refractivity contribution in [2.45, 2.75) is 0 Å². The van der Waals surface area contributed by atoms with Crippen LogP contribution in [0.5, 0.6) is 0 Å². The van der Waals surface area contributed by atoms with Gasteiger partial charge in [0.15, 0.2) is 5.78 Å². The van der Waals surface area contributed by atoms with Crippen LogP contribution in [0, 0.1) is 0 Å². The van der Waals surface area contributed by atoms with Gasteiger partial charge in [0, 0.05) is 0 Å². The maximum atomic E-state index is 10.6. The predicted octanol–water partition coefficient (Wildman–Crippen LogP) is 0.0245. The Bertz CT molecular complexity index is 255. The molecular weight excluding hydrogens is 142 g/mol. The minimum absolute atomic E-state index is 0.0410. The molecule has 56 valence electrons. The van der Waals surface area contributed by atoms with Crippen LogP contribution >= 0.6 is 0 Å². The molecule has 0 aromatic rings. The van der Waals surface area contributed by atoms with Crippen LogP contribution < -0.4 is 5.73 Å². The molecule has 2 N–H and O–H groups in total. The van der Waals surface area contributed by atoms with Gasteiger partial charge < -0.3 is 5.73 Å². The normalized spacial score (nSPS) is 16.4. The third-order valence-corrected chi connectivity index (χ3v) is 1.08. The summed E-state index contributed by atoms with van der Waals surface area (Å²) in [5, 5.41) is 7.12. The van der Waals surface area contributed by atoms with Gasteiger partial charge in [-0.05, 0) is 24.3 Å². The van der Waals surface area contributed by atoms with Crippen LogP contribution in [-0.4, -0.2) is 17.8 Å². The Hall–Kier alpha value is -1.71. The average molecular weight is 149 g/mol. The number of nitrogens with two attached hydrogens (primary N) is 1. The van der Waals surface area contributed by atoms with Crippen molar-refractivity contribution in [1.82, 2.24) is 0 Å². The summed E-state index contributed by atoms with van der Waals surface area (Å²) in [4.78, 5) is 10.6. The van der Waals surface area contributed by atoms with Gasteiger partial charge in [-0.1, -0.05) is 0 Å². The fraction of sp³-hybridized carbons (Fsp3) is 0. The number of rotatable bonds is 1. The van der Waals surface area contributed by atoms with E-state index in [9.17, 15) is 4.79 Å². The first-order valence-electron chi connectivity index (χ1n) is 3.04. The number of allylic oxidation sites excluding steroid dienone is 4. The van der Waals surface area contributed by atoms with Gasteiger partial charge in [-0.3, -0.25) is 4.79 Å². The van der Waals surface area contributed by atoms with E-state index in [0.717, 1.165) is 6.34 Å². The zero-order valence-electron chi connectivity index (χ0n) is 5.77. The van der Waals surface area contributed by atoms with Crippen LogP contribution in [0.4, 0.5) is 0 Å². The van der Waals surface area contributed by atoms with Crippen molar-refractivity contribution in [3.05, 3.63) is 24.3 Å². The summed E-state index contributed by atoms with van der Waals surface area (Å²) in [7, 11) is 0. The molecule has 1 aliphatic rings. The maximum absolute atomic E-state index is 10.6. The summed E-state index contributed by atoms with van der Waals surface area (Å²) < 4.78 is 0. The van der Waals surface area contributed by atoms with Crippen molar-refractivity contribution in [3.8, 4) is 0 Å². The first-order chi connectivity index (χ1) is 5.33. The molecule has 0 fully saturated rings. The quantitative estimate of drug-likeness (QED) is 0.247. The van der Waals surface area contributed by atoms with Crippen molar-refractivity contribution in [1.29, 1.82) is 0 Å². The third-order valence-electron chi connectivity index (χ3n) is 1.08. The molecule has 0 aromatic heterocycles. The molecule has 0 unspecified atom stereocenters. The third kappa shape index (κ3) is 2.17. The lowest BCUT2D eigenvalue weighted by molar-refractivity contribution is -0.110. The van der Waals surface area contributed by atoms with Gasteiger partial charge in [0.1, 0.15) is 6.34 Å². The van der Waals surface area contributed by atoms with E-state index in [1.165, 1.54) is 12.2 Å². The molecular formula is C7H7N3O. The molecule has 0 saturated carbocycles. The highest BCUT2D eigenvalue weighted by atomic mass is 16.1. The second-order valence-electron chi connectivity index (χ2n) is 1.86. The minimum atomic E-state index is -0.0410. The Morgan fingerprint density at radius 3 is 2.45 bits per heavy atom. The highest BCUT2D eigenvalue weighted by molar-refractivity contribution is 6.16. The van der Waals surface area contributed by atoms with Crippen LogP contribution in [0.2, 0.25) is 0 Å². The van der Waals surface area contributed by atoms with Crippen molar-refractivity contribution in [3.63, 3.8) is 0 Å². The molecule has 0 aromatic carbocycles. The predicted molar refractivity (Wildman–Crippen MR) is 43.4 cm³/mol. The molecule has 1 rings (SSSR count). The van der Waals surface area contributed by atoms with Gasteiger partial charge in [0.25, 0.3) is 0 Å². The van der Waals surface area contributed by atoms with Gasteiger partial charge in [-0.15, -0.1) is 10.2 Å². The van der Waals surface area contributed by atoms with Gasteiger partial charge in [-0.25, -0.2) is 0 Å². The number of hydrogen-bond donors (Lipinski definition) is 1. The minimum Gasteiger partial charge on any atom is -0.388 e. The maximum Gasteiger partial charge on any atom is 0.178 e. The fourth-order valence-electron chi connectivity index (χ4n) is 0.613. The summed E-state index contributed by atoms with van der Waals surface area (Å²) >= 11 is 0. The standard InChI is InChI=1S/C7H7N3O/c8-5-9-10-6-1-3-7(11)4-2-6/h1-5H,(H2,8,9). The van der Waals surface area contributed by atoms with Crippen LogP contribution in [0.3, 0.4) is 0 Å². The fourth-order valence-corrected chi connectivity index (χ4v) is 0.613. The highest BCUT2D eigenvalue weighted by Crippen LogP contribution is 1.95. The van der Waals surface area contributed by atoms with E-state index in [-0.39, 0.29) is 5.78 Å². The van der Waals surface area contributed by atoms with E-state index in [4.69, 9.17) is 5.73 Å². The lowest BCUT2D eigenvalue weighted by atomic mass is 10.2. The molecule has 0 spiro atoms. The van der Waals surface area contributed by atoms with Gasteiger partial charge in [-0.2, -0.15) is 0 Å². The van der Waals surface area contributed by atoms with Crippen LogP contribution in [0.15, 0.2) is 34.5 Å². The molecule has 0 amide bonds. The van der Waals surface area contributed by atoms with E-state index in [0.29, 0.717) is 5.71 Å². The van der Waals surface area contributed by atoms with Crippen LogP contribution in [-0.2, 0) is 4.79 Å². The number of ketones is 1. The van der Waals surface area contributed by atoms with Crippen molar-refractivity contribution in [2.24, 2.45) is 15.9 Å². The lowest BCUT2D eigenvalue weighted by Crippen LogP contribution is -1.98. The van der Waals surface area contributed by atoms with E-state index in [2.05, 4.69) is 10.2 Å². The molecule has 0 heterocycles. The van der Waals surface area contributed by atoms with Gasteiger partial charge in [0.2, 0.25) is 0 Å². The zero-order valence-corrected chi connectivity index (χ0v) is 5.77. The summed E-state index contributed by atoms with van der Waals surface area (Å²) in [6.07, 6.45) is 7.09. The van der Waals surface area contributed by atoms with E-state index in [1.807, 2.05) is 0 Å². The number of hydrogen-bond acceptors (Lipinski definition) is 3. The molecule has 11 heavy (non-hydrogen) atoms. The summed E-state index contributed by atoms with van der Waals surface area (Å²) in [5.41, 5.74) is 5.58. The first kappa shape index (κ1) is 7.40. The molecule has 0 atom stereocenters. The molecule has 4 heteroatoms. The second-order valence-corrected chi connectivity index (χ2v) is 1.86. The molecule has 0 bridgehead atoms. The monoisotopic (exact) mass is 149 g/mol. The van der Waals surface area contributed by atoms with E-state index < -0.39 is 0 Å². The summed E-state index contributed by atoms with van der Waals surface area (Å²) in [6, 6.07) is 0. The Balaban J connectivity index is 2.72. The van der Waals surface area contributed by atoms with E-state index >= 15 is 0 Å². The zero-order chi connectivity index (χ0) is 8.10. The largest absolute Gasteiger partial charge is 0.388 e. The summed E-state index contributed by atoms with van der Waals surface area (Å²) in [6.45, 7) is 0. The molecule has 4 nitrogen and oxygen atoms in total. The Labute approximate surface area is 63.8 Å². The Morgan fingerprint density at radius 2 is 1.91 bits per heavy atom. The van der Waals surface area contributed by atoms with Crippen molar-refractivity contribution < 1.29 is 4.79 Å². The molecule has 0 radical (unpaired) electrons. The number of carbonyl (C=O) groups is 1. The van der Waals surface area contributed by atoms with Crippen LogP contribution in [0.1, 0.15) is 0 Å². The molecule has 0 aliphatic heterocycles. The van der Waals surface area contributed by atoms with Gasteiger partial charge >= 0.3 is 0 Å². The van der Waals surface area contributed by atoms with Crippen molar-refractivity contribution in [2.75, 3.05) is 0 Å². The average Bonchev–Trinajstić information content (AvgIpc) is 2.04. The number of carbonyl (C=O) groups excluding carboxylic acids is 1. The first-order valence-corrected chi connectivity index (χ1v) is 3.04. The topological polar surface area (TPSA) is 67.8 Å². The Kier molecular flexibility index (Phi) is 2.32. The van der Waals surface area contributed by atoms with Crippen LogP contribution in [0.25, 0.3) is 0 Å². The Morgan fingerprint density at radius 1 is 1.27 bits per heavy atom. The van der Waals surface area contributed by atoms with E-state index in [1.54, 1.807) is 12.2 Å². The summed E-state index contributed by atoms with van der Waals surface area (Å²) in [5.74, 6) is -0.0410. The molecule has 0 saturated heterocycles. The van der Waals surface area contributed by atoms with Gasteiger partial charge in [0.05, 0.1) is 5.71 Å². The molecule has 1 aliphatic carbocycles. The SMILES string of the molecule is N/C=N\N=C1C=CC(=O)C=C1.